The third kappa shape index (κ3) is 4.33. The van der Waals surface area contributed by atoms with E-state index in [9.17, 15) is 9.59 Å². The Morgan fingerprint density at radius 2 is 1.62 bits per heavy atom. The maximum atomic E-state index is 12.5. The molecule has 6 heteroatoms. The number of anilines is 2. The molecule has 6 nitrogen and oxygen atoms in total. The van der Waals surface area contributed by atoms with Crippen LogP contribution in [0.1, 0.15) is 18.1 Å². The summed E-state index contributed by atoms with van der Waals surface area (Å²) < 4.78 is 10.4. The predicted octanol–water partition coefficient (Wildman–Crippen LogP) is 3.31. The Hall–Kier alpha value is -3.02. The summed E-state index contributed by atoms with van der Waals surface area (Å²) in [5, 5.41) is 2.79. The van der Waals surface area contributed by atoms with Crippen molar-refractivity contribution < 1.29 is 19.1 Å². The Morgan fingerprint density at radius 3 is 2.15 bits per heavy atom. The molecule has 2 aromatic carbocycles. The number of benzene rings is 2. The van der Waals surface area contributed by atoms with Crippen molar-refractivity contribution in [2.24, 2.45) is 0 Å². The van der Waals surface area contributed by atoms with Crippen molar-refractivity contribution >= 4 is 23.2 Å². The molecule has 138 valence electrons. The van der Waals surface area contributed by atoms with Crippen molar-refractivity contribution in [1.82, 2.24) is 0 Å². The van der Waals surface area contributed by atoms with E-state index in [2.05, 4.69) is 5.32 Å². The monoisotopic (exact) mass is 356 g/mol. The van der Waals surface area contributed by atoms with Crippen molar-refractivity contribution in [2.75, 3.05) is 31.0 Å². The van der Waals surface area contributed by atoms with E-state index in [0.29, 0.717) is 17.2 Å². The lowest BCUT2D eigenvalue weighted by Gasteiger charge is -2.24. The number of methoxy groups -OCH3 is 2. The molecule has 26 heavy (non-hydrogen) atoms. The molecule has 0 unspecified atom stereocenters. The van der Waals surface area contributed by atoms with Crippen molar-refractivity contribution in [2.45, 2.75) is 20.8 Å². The van der Waals surface area contributed by atoms with E-state index in [4.69, 9.17) is 9.47 Å². The number of rotatable bonds is 6. The van der Waals surface area contributed by atoms with E-state index < -0.39 is 0 Å². The lowest BCUT2D eigenvalue weighted by Crippen LogP contribution is -2.37. The molecule has 0 radical (unpaired) electrons. The highest BCUT2D eigenvalue weighted by Crippen LogP contribution is 2.30. The molecular weight excluding hydrogens is 332 g/mol. The van der Waals surface area contributed by atoms with Gasteiger partial charge in [0.1, 0.15) is 6.54 Å². The largest absolute Gasteiger partial charge is 0.493 e. The molecule has 0 heterocycles. The van der Waals surface area contributed by atoms with Gasteiger partial charge >= 0.3 is 0 Å². The van der Waals surface area contributed by atoms with Crippen LogP contribution in [0, 0.1) is 13.8 Å². The minimum absolute atomic E-state index is 0.0740. The minimum atomic E-state index is -0.296. The van der Waals surface area contributed by atoms with Gasteiger partial charge in [-0.05, 0) is 37.1 Å². The zero-order chi connectivity index (χ0) is 19.3. The van der Waals surface area contributed by atoms with E-state index in [0.717, 1.165) is 16.8 Å². The molecule has 0 atom stereocenters. The van der Waals surface area contributed by atoms with Gasteiger partial charge in [0.25, 0.3) is 0 Å². The van der Waals surface area contributed by atoms with Crippen LogP contribution in [0.15, 0.2) is 36.4 Å². The molecule has 0 spiro atoms. The Balaban J connectivity index is 2.20. The Morgan fingerprint density at radius 1 is 1.00 bits per heavy atom. The Labute approximate surface area is 153 Å². The SMILES string of the molecule is COc1ccc(NC(=O)CN(C(C)=O)c2c(C)cccc2C)cc1OC. The van der Waals surface area contributed by atoms with Crippen LogP contribution in [-0.2, 0) is 9.59 Å². The first-order valence-electron chi connectivity index (χ1n) is 8.23. The molecule has 0 fully saturated rings. The van der Waals surface area contributed by atoms with Gasteiger partial charge in [0.05, 0.1) is 19.9 Å². The van der Waals surface area contributed by atoms with Gasteiger partial charge < -0.3 is 19.7 Å². The highest BCUT2D eigenvalue weighted by atomic mass is 16.5. The van der Waals surface area contributed by atoms with Crippen molar-refractivity contribution in [1.29, 1.82) is 0 Å². The van der Waals surface area contributed by atoms with Gasteiger partial charge in [-0.25, -0.2) is 0 Å². The van der Waals surface area contributed by atoms with Gasteiger partial charge in [-0.15, -0.1) is 0 Å². The maximum absolute atomic E-state index is 12.5. The number of carbonyl (C=O) groups is 2. The summed E-state index contributed by atoms with van der Waals surface area (Å²) in [6.45, 7) is 5.22. The molecule has 0 aliphatic rings. The second-order valence-corrected chi connectivity index (χ2v) is 5.96. The molecule has 0 aromatic heterocycles. The number of amides is 2. The molecular formula is C20H24N2O4. The summed E-state index contributed by atoms with van der Waals surface area (Å²) >= 11 is 0. The topological polar surface area (TPSA) is 67.9 Å². The average molecular weight is 356 g/mol. The summed E-state index contributed by atoms with van der Waals surface area (Å²) in [6, 6.07) is 10.9. The third-order valence-corrected chi connectivity index (χ3v) is 4.06. The number of hydrogen-bond acceptors (Lipinski definition) is 4. The second-order valence-electron chi connectivity index (χ2n) is 5.96. The van der Waals surface area contributed by atoms with Gasteiger partial charge in [0.15, 0.2) is 11.5 Å². The number of hydrogen-bond donors (Lipinski definition) is 1. The van der Waals surface area contributed by atoms with Crippen LogP contribution in [0.5, 0.6) is 11.5 Å². The Bertz CT molecular complexity index is 797. The van der Waals surface area contributed by atoms with Crippen molar-refractivity contribution in [3.05, 3.63) is 47.5 Å². The quantitative estimate of drug-likeness (QED) is 0.862. The standard InChI is InChI=1S/C20H24N2O4/c1-13-7-6-8-14(2)20(13)22(15(3)23)12-19(24)21-16-9-10-17(25-4)18(11-16)26-5/h6-11H,12H2,1-5H3,(H,21,24). The molecule has 1 N–H and O–H groups in total. The van der Waals surface area contributed by atoms with Crippen LogP contribution in [-0.4, -0.2) is 32.6 Å². The molecule has 0 aliphatic carbocycles. The second kappa shape index (κ2) is 8.38. The van der Waals surface area contributed by atoms with Crippen LogP contribution in [0.2, 0.25) is 0 Å². The van der Waals surface area contributed by atoms with Crippen LogP contribution < -0.4 is 19.7 Å². The summed E-state index contributed by atoms with van der Waals surface area (Å²) in [4.78, 5) is 26.1. The van der Waals surface area contributed by atoms with E-state index in [1.165, 1.54) is 18.9 Å². The maximum Gasteiger partial charge on any atom is 0.244 e. The number of para-hydroxylation sites is 1. The van der Waals surface area contributed by atoms with E-state index in [1.54, 1.807) is 25.3 Å². The summed E-state index contributed by atoms with van der Waals surface area (Å²) in [7, 11) is 3.08. The predicted molar refractivity (Wildman–Crippen MR) is 102 cm³/mol. The number of carbonyl (C=O) groups excluding carboxylic acids is 2. The van der Waals surface area contributed by atoms with Gasteiger partial charge in [-0.1, -0.05) is 18.2 Å². The van der Waals surface area contributed by atoms with Crippen LogP contribution in [0.25, 0.3) is 0 Å². The summed E-state index contributed by atoms with van der Waals surface area (Å²) in [5.74, 6) is 0.606. The summed E-state index contributed by atoms with van der Waals surface area (Å²) in [5.41, 5.74) is 3.22. The molecule has 0 bridgehead atoms. The number of nitrogens with zero attached hydrogens (tertiary/aromatic N) is 1. The van der Waals surface area contributed by atoms with Gasteiger partial charge in [-0.2, -0.15) is 0 Å². The normalized spacial score (nSPS) is 10.2. The third-order valence-electron chi connectivity index (χ3n) is 4.06. The zero-order valence-corrected chi connectivity index (χ0v) is 15.8. The number of aryl methyl sites for hydroxylation is 2. The number of nitrogens with one attached hydrogen (secondary N) is 1. The highest BCUT2D eigenvalue weighted by molar-refractivity contribution is 6.02. The fourth-order valence-corrected chi connectivity index (χ4v) is 2.84. The van der Waals surface area contributed by atoms with Crippen LogP contribution in [0.3, 0.4) is 0 Å². The lowest BCUT2D eigenvalue weighted by atomic mass is 10.1. The Kier molecular flexibility index (Phi) is 6.22. The van der Waals surface area contributed by atoms with Crippen molar-refractivity contribution in [3.8, 4) is 11.5 Å². The summed E-state index contributed by atoms with van der Waals surface area (Å²) in [6.07, 6.45) is 0. The molecule has 2 rings (SSSR count). The fourth-order valence-electron chi connectivity index (χ4n) is 2.84. The molecule has 0 saturated heterocycles. The van der Waals surface area contributed by atoms with Crippen LogP contribution >= 0.6 is 0 Å². The fraction of sp³-hybridized carbons (Fsp3) is 0.300. The van der Waals surface area contributed by atoms with Crippen LogP contribution in [0.4, 0.5) is 11.4 Å². The van der Waals surface area contributed by atoms with Gasteiger partial charge in [0.2, 0.25) is 11.8 Å². The molecule has 0 aliphatic heterocycles. The smallest absolute Gasteiger partial charge is 0.244 e. The minimum Gasteiger partial charge on any atom is -0.493 e. The lowest BCUT2D eigenvalue weighted by molar-refractivity contribution is -0.120. The first-order chi connectivity index (χ1) is 12.4. The molecule has 2 amide bonds. The first kappa shape index (κ1) is 19.3. The average Bonchev–Trinajstić information content (AvgIpc) is 2.60. The van der Waals surface area contributed by atoms with Gasteiger partial charge in [0, 0.05) is 18.7 Å². The zero-order valence-electron chi connectivity index (χ0n) is 15.8. The number of ether oxygens (including phenoxy) is 2. The van der Waals surface area contributed by atoms with E-state index >= 15 is 0 Å². The first-order valence-corrected chi connectivity index (χ1v) is 8.23. The van der Waals surface area contributed by atoms with E-state index in [1.807, 2.05) is 32.0 Å². The van der Waals surface area contributed by atoms with Gasteiger partial charge in [-0.3, -0.25) is 9.59 Å². The van der Waals surface area contributed by atoms with Crippen molar-refractivity contribution in [3.63, 3.8) is 0 Å². The molecule has 2 aromatic rings. The highest BCUT2D eigenvalue weighted by Gasteiger charge is 2.19. The van der Waals surface area contributed by atoms with E-state index in [-0.39, 0.29) is 18.4 Å². The molecule has 0 saturated carbocycles.